The maximum absolute atomic E-state index is 2.25. The van der Waals surface area contributed by atoms with E-state index >= 15 is 0 Å². The average Bonchev–Trinajstić information content (AvgIpc) is 2.00. The van der Waals surface area contributed by atoms with Gasteiger partial charge in [-0.2, -0.15) is 0 Å². The molecule has 0 spiro atoms. The van der Waals surface area contributed by atoms with Gasteiger partial charge in [0.05, 0.1) is 0 Å². The van der Waals surface area contributed by atoms with Crippen molar-refractivity contribution < 1.29 is 0 Å². The molecule has 0 aliphatic heterocycles. The smallest absolute Gasteiger partial charge is 0.0180 e. The Hall–Kier alpha value is -0.310. The van der Waals surface area contributed by atoms with E-state index in [-0.39, 0.29) is 0 Å². The lowest BCUT2D eigenvalue weighted by Gasteiger charge is -1.60. The van der Waals surface area contributed by atoms with Crippen LogP contribution in [0.2, 0.25) is 0 Å². The zero-order valence-electron chi connectivity index (χ0n) is 4.99. The van der Waals surface area contributed by atoms with Gasteiger partial charge in [0.2, 0.25) is 0 Å². The Balaban J connectivity index is 3.04. The first-order valence-corrected chi connectivity index (χ1v) is 4.95. The molecular formula is C7H8P2. The molecule has 0 saturated heterocycles. The summed E-state index contributed by atoms with van der Waals surface area (Å²) in [6.07, 6.45) is 0. The normalized spacial score (nSPS) is 9.78. The predicted molar refractivity (Wildman–Crippen MR) is 46.1 cm³/mol. The predicted octanol–water partition coefficient (Wildman–Crippen LogP) is 3.42. The van der Waals surface area contributed by atoms with Gasteiger partial charge >= 0.3 is 0 Å². The van der Waals surface area contributed by atoms with Crippen molar-refractivity contribution in [3.05, 3.63) is 41.4 Å². The first kappa shape index (κ1) is 6.81. The lowest BCUT2D eigenvalue weighted by Crippen LogP contribution is -1.35. The molecule has 1 atom stereocenters. The topological polar surface area (TPSA) is 0 Å². The summed E-state index contributed by atoms with van der Waals surface area (Å²) in [5.41, 5.74) is 2.25. The second-order valence-corrected chi connectivity index (χ2v) is 3.83. The van der Waals surface area contributed by atoms with E-state index in [0.29, 0.717) is 0 Å². The largest absolute Gasteiger partial charge is 0.135 e. The maximum Gasteiger partial charge on any atom is -0.0180 e. The molecule has 1 rings (SSSR count). The van der Waals surface area contributed by atoms with Gasteiger partial charge in [-0.3, -0.25) is 0 Å². The van der Waals surface area contributed by atoms with E-state index in [9.17, 15) is 0 Å². The van der Waals surface area contributed by atoms with Crippen molar-refractivity contribution in [2.45, 2.75) is 0 Å². The molecule has 2 heteroatoms. The number of rotatable bonds is 0. The summed E-state index contributed by atoms with van der Waals surface area (Å²) >= 11 is 0. The van der Waals surface area contributed by atoms with Crippen LogP contribution < -0.4 is 0 Å². The monoisotopic (exact) mass is 154 g/mol. The van der Waals surface area contributed by atoms with Crippen molar-refractivity contribution in [1.29, 1.82) is 0 Å². The summed E-state index contributed by atoms with van der Waals surface area (Å²) in [7, 11) is 2.18. The summed E-state index contributed by atoms with van der Waals surface area (Å²) < 4.78 is 0. The SMILES string of the molecule is c1ccc[pH]cpcc1. The average molecular weight is 154 g/mol. The van der Waals surface area contributed by atoms with Gasteiger partial charge in [-0.15, -0.1) is 8.19 Å². The van der Waals surface area contributed by atoms with E-state index in [1.165, 1.54) is 8.19 Å². The van der Waals surface area contributed by atoms with Gasteiger partial charge in [-0.05, 0) is 17.1 Å². The van der Waals surface area contributed by atoms with E-state index in [4.69, 9.17) is 0 Å². The minimum Gasteiger partial charge on any atom is -0.135 e. The van der Waals surface area contributed by atoms with E-state index in [2.05, 4.69) is 35.3 Å². The van der Waals surface area contributed by atoms with Gasteiger partial charge in [0, 0.05) is 0 Å². The highest BCUT2D eigenvalue weighted by Crippen LogP contribution is 2.06. The summed E-state index contributed by atoms with van der Waals surface area (Å²) in [5.74, 6) is 4.31. The molecule has 1 heterocycles. The second kappa shape index (κ2) is 4.56. The Kier molecular flexibility index (Phi) is 3.45. The Morgan fingerprint density at radius 3 is 2.89 bits per heavy atom. The van der Waals surface area contributed by atoms with Gasteiger partial charge in [0.1, 0.15) is 0 Å². The molecule has 0 N–H and O–H groups in total. The number of hydrogen-bond acceptors (Lipinski definition) is 0. The summed E-state index contributed by atoms with van der Waals surface area (Å²) in [6.45, 7) is 0. The standard InChI is InChI=1S/C7H8P2/c1-2-4-6-9-7-8-5-3-1/h1-8H. The molecule has 0 fully saturated rings. The quantitative estimate of drug-likeness (QED) is 0.537. The zero-order valence-corrected chi connectivity index (χ0v) is 6.88. The van der Waals surface area contributed by atoms with Crippen LogP contribution in [0, 0.1) is 0 Å². The van der Waals surface area contributed by atoms with Crippen molar-refractivity contribution in [3.63, 3.8) is 0 Å². The minimum atomic E-state index is 0.865. The molecule has 0 aliphatic carbocycles. The fraction of sp³-hybridized carbons (Fsp3) is 0. The number of hydrogen-bond donors (Lipinski definition) is 0. The second-order valence-electron chi connectivity index (χ2n) is 1.53. The van der Waals surface area contributed by atoms with Gasteiger partial charge in [0.25, 0.3) is 0 Å². The van der Waals surface area contributed by atoms with Crippen LogP contribution in [-0.2, 0) is 0 Å². The molecule has 0 nitrogen and oxygen atoms in total. The molecule has 0 amide bonds. The highest BCUT2D eigenvalue weighted by molar-refractivity contribution is 7.42. The summed E-state index contributed by atoms with van der Waals surface area (Å²) in [5, 5.41) is 0. The molecule has 0 radical (unpaired) electrons. The van der Waals surface area contributed by atoms with Crippen LogP contribution in [0.4, 0.5) is 0 Å². The Labute approximate surface area is 58.5 Å². The van der Waals surface area contributed by atoms with E-state index in [0.717, 1.165) is 8.19 Å². The minimum absolute atomic E-state index is 0.865. The van der Waals surface area contributed by atoms with Crippen LogP contribution in [0.5, 0.6) is 0 Å². The summed E-state index contributed by atoms with van der Waals surface area (Å²) in [6, 6.07) is 8.25. The molecule has 0 bridgehead atoms. The molecule has 9 heavy (non-hydrogen) atoms. The molecule has 1 unspecified atom stereocenters. The highest BCUT2D eigenvalue weighted by Gasteiger charge is 1.58. The molecular weight excluding hydrogens is 146 g/mol. The molecule has 0 aliphatic rings. The zero-order chi connectivity index (χ0) is 6.36. The van der Waals surface area contributed by atoms with Crippen LogP contribution >= 0.6 is 16.4 Å². The summed E-state index contributed by atoms with van der Waals surface area (Å²) in [4.78, 5) is 0. The van der Waals surface area contributed by atoms with Crippen molar-refractivity contribution in [2.24, 2.45) is 0 Å². The van der Waals surface area contributed by atoms with Crippen molar-refractivity contribution in [3.8, 4) is 0 Å². The van der Waals surface area contributed by atoms with E-state index in [1.54, 1.807) is 0 Å². The van der Waals surface area contributed by atoms with E-state index in [1.807, 2.05) is 6.07 Å². The highest BCUT2D eigenvalue weighted by atomic mass is 31.1. The van der Waals surface area contributed by atoms with Crippen LogP contribution in [0.25, 0.3) is 0 Å². The maximum atomic E-state index is 2.25. The third kappa shape index (κ3) is 3.30. The van der Waals surface area contributed by atoms with Crippen LogP contribution in [0.3, 0.4) is 0 Å². The van der Waals surface area contributed by atoms with Crippen molar-refractivity contribution in [2.75, 3.05) is 0 Å². The molecule has 1 aromatic heterocycles. The fourth-order valence-corrected chi connectivity index (χ4v) is 1.92. The molecule has 0 aromatic carbocycles. The Morgan fingerprint density at radius 1 is 1.00 bits per heavy atom. The first-order chi connectivity index (χ1) is 4.50. The lowest BCUT2D eigenvalue weighted by atomic mass is 10.5. The fourth-order valence-electron chi connectivity index (χ4n) is 0.468. The van der Waals surface area contributed by atoms with Gasteiger partial charge in [0.15, 0.2) is 0 Å². The van der Waals surface area contributed by atoms with Gasteiger partial charge in [-0.1, -0.05) is 32.5 Å². The van der Waals surface area contributed by atoms with Gasteiger partial charge in [-0.25, -0.2) is 0 Å². The Morgan fingerprint density at radius 2 is 1.89 bits per heavy atom. The van der Waals surface area contributed by atoms with Crippen LogP contribution in [0.15, 0.2) is 41.4 Å². The molecule has 46 valence electrons. The molecule has 1 aromatic rings. The third-order valence-electron chi connectivity index (χ3n) is 0.847. The first-order valence-electron chi connectivity index (χ1n) is 2.76. The van der Waals surface area contributed by atoms with Gasteiger partial charge < -0.3 is 0 Å². The van der Waals surface area contributed by atoms with Crippen LogP contribution in [0.1, 0.15) is 0 Å². The lowest BCUT2D eigenvalue weighted by molar-refractivity contribution is 1.86. The Bertz CT molecular complexity index is 129. The third-order valence-corrected chi connectivity index (χ3v) is 2.77. The van der Waals surface area contributed by atoms with Crippen molar-refractivity contribution >= 4 is 16.4 Å². The van der Waals surface area contributed by atoms with Crippen molar-refractivity contribution in [1.82, 2.24) is 0 Å². The molecule has 0 saturated carbocycles. The van der Waals surface area contributed by atoms with E-state index < -0.39 is 0 Å². The van der Waals surface area contributed by atoms with Crippen LogP contribution in [-0.4, -0.2) is 0 Å².